The Balaban J connectivity index is 1.18. The van der Waals surface area contributed by atoms with Crippen LogP contribution >= 0.6 is 46.1 Å². The van der Waals surface area contributed by atoms with E-state index >= 15 is 0 Å². The van der Waals surface area contributed by atoms with Crippen LogP contribution in [0.2, 0.25) is 15.2 Å². The molecule has 1 saturated heterocycles. The van der Waals surface area contributed by atoms with E-state index in [1.54, 1.807) is 23.6 Å². The number of hydrogen-bond acceptors (Lipinski definition) is 5. The number of amides is 2. The van der Waals surface area contributed by atoms with Crippen molar-refractivity contribution in [3.05, 3.63) is 92.1 Å². The molecule has 39 heavy (non-hydrogen) atoms. The van der Waals surface area contributed by atoms with Crippen molar-refractivity contribution in [3.8, 4) is 0 Å². The first-order valence-corrected chi connectivity index (χ1v) is 14.8. The average molecular weight is 599 g/mol. The number of piperidine rings is 1. The molecular formula is C29H26Cl3N5OS. The molecule has 0 saturated carbocycles. The van der Waals surface area contributed by atoms with Gasteiger partial charge in [-0.05, 0) is 73.5 Å². The third-order valence-corrected chi connectivity index (χ3v) is 9.41. The number of urea groups is 1. The molecule has 1 fully saturated rings. The van der Waals surface area contributed by atoms with Crippen LogP contribution in [-0.4, -0.2) is 47.1 Å². The van der Waals surface area contributed by atoms with Gasteiger partial charge in [0, 0.05) is 36.8 Å². The summed E-state index contributed by atoms with van der Waals surface area (Å²) in [4.78, 5) is 26.6. The smallest absolute Gasteiger partial charge is 0.322 e. The zero-order chi connectivity index (χ0) is 27.0. The molecule has 6 nitrogen and oxygen atoms in total. The lowest BCUT2D eigenvalue weighted by Gasteiger charge is -2.39. The van der Waals surface area contributed by atoms with Gasteiger partial charge in [0.2, 0.25) is 0 Å². The monoisotopic (exact) mass is 597 g/mol. The van der Waals surface area contributed by atoms with Crippen molar-refractivity contribution in [1.82, 2.24) is 20.2 Å². The molecule has 2 aromatic carbocycles. The van der Waals surface area contributed by atoms with E-state index in [1.807, 2.05) is 34.7 Å². The molecule has 10 heteroatoms. The lowest BCUT2D eigenvalue weighted by molar-refractivity contribution is 0.180. The van der Waals surface area contributed by atoms with Crippen LogP contribution in [0.3, 0.4) is 0 Å². The summed E-state index contributed by atoms with van der Waals surface area (Å²) >= 11 is 19.9. The van der Waals surface area contributed by atoms with E-state index < -0.39 is 0 Å². The maximum Gasteiger partial charge on any atom is 0.322 e. The number of benzene rings is 2. The van der Waals surface area contributed by atoms with E-state index in [9.17, 15) is 4.79 Å². The molecule has 2 aromatic heterocycles. The summed E-state index contributed by atoms with van der Waals surface area (Å²) in [5.74, 6) is 0. The van der Waals surface area contributed by atoms with Gasteiger partial charge in [-0.1, -0.05) is 53.0 Å². The van der Waals surface area contributed by atoms with Gasteiger partial charge in [-0.2, -0.15) is 0 Å². The number of aromatic nitrogens is 2. The first kappa shape index (κ1) is 26.5. The maximum absolute atomic E-state index is 13.5. The minimum absolute atomic E-state index is 0.109. The fraction of sp³-hybridized carbons (Fsp3) is 0.276. The predicted octanol–water partition coefficient (Wildman–Crippen LogP) is 7.43. The summed E-state index contributed by atoms with van der Waals surface area (Å²) in [6.07, 6.45) is 7.82. The summed E-state index contributed by atoms with van der Waals surface area (Å²) in [5.41, 5.74) is 6.93. The van der Waals surface area contributed by atoms with E-state index in [1.165, 1.54) is 5.56 Å². The van der Waals surface area contributed by atoms with Crippen LogP contribution in [0.25, 0.3) is 16.3 Å². The number of nitrogens with zero attached hydrogens (tertiary/aromatic N) is 4. The first-order valence-electron chi connectivity index (χ1n) is 12.8. The Morgan fingerprint density at radius 3 is 2.69 bits per heavy atom. The summed E-state index contributed by atoms with van der Waals surface area (Å²) in [6.45, 7) is 3.77. The van der Waals surface area contributed by atoms with Gasteiger partial charge >= 0.3 is 6.03 Å². The first-order chi connectivity index (χ1) is 18.9. The third-order valence-electron chi connectivity index (χ3n) is 7.67. The van der Waals surface area contributed by atoms with Crippen molar-refractivity contribution in [2.24, 2.45) is 0 Å². The topological polar surface area (TPSA) is 61.4 Å². The van der Waals surface area contributed by atoms with Crippen molar-refractivity contribution >= 4 is 74.2 Å². The summed E-state index contributed by atoms with van der Waals surface area (Å²) in [6, 6.07) is 13.3. The summed E-state index contributed by atoms with van der Waals surface area (Å²) < 4.78 is 1.16. The molecule has 4 aromatic rings. The van der Waals surface area contributed by atoms with Gasteiger partial charge in [-0.3, -0.25) is 9.80 Å². The van der Waals surface area contributed by atoms with Crippen molar-refractivity contribution in [1.29, 1.82) is 0 Å². The summed E-state index contributed by atoms with van der Waals surface area (Å²) in [7, 11) is 0. The quantitative estimate of drug-likeness (QED) is 0.243. The van der Waals surface area contributed by atoms with E-state index in [4.69, 9.17) is 39.8 Å². The number of likely N-dealkylation sites (tertiary alicyclic amines) is 1. The highest BCUT2D eigenvalue weighted by molar-refractivity contribution is 7.16. The number of carbonyl (C=O) groups excluding carboxylic acids is 1. The number of hydrogen-bond donors (Lipinski definition) is 1. The molecule has 6 rings (SSSR count). The predicted molar refractivity (Wildman–Crippen MR) is 161 cm³/mol. The molecule has 2 aliphatic heterocycles. The van der Waals surface area contributed by atoms with Crippen LogP contribution in [0.4, 0.5) is 10.5 Å². The van der Waals surface area contributed by atoms with Crippen LogP contribution in [0.15, 0.2) is 60.2 Å². The van der Waals surface area contributed by atoms with Crippen molar-refractivity contribution in [2.45, 2.75) is 24.8 Å². The fourth-order valence-electron chi connectivity index (χ4n) is 5.67. The SMILES string of the molecule is O=C(NCc1ccnc(Cl)c1)N1CC2(CCN(CC=Cc3ccc(Cl)c(Cl)c3)CC2)c2c1ccc1scnc21. The number of carbonyl (C=O) groups is 1. The number of fused-ring (bicyclic) bond motifs is 4. The minimum Gasteiger partial charge on any atom is -0.334 e. The van der Waals surface area contributed by atoms with Gasteiger partial charge in [0.15, 0.2) is 0 Å². The molecule has 1 N–H and O–H groups in total. The molecule has 0 unspecified atom stereocenters. The Kier molecular flexibility index (Phi) is 7.53. The molecule has 0 atom stereocenters. The maximum atomic E-state index is 13.5. The molecule has 1 spiro atoms. The summed E-state index contributed by atoms with van der Waals surface area (Å²) in [5, 5.41) is 4.61. The standard InChI is InChI=1S/C29H26Cl3N5OS/c30-21-4-3-19(14-22(21)31)2-1-11-36-12-8-29(9-13-36)17-37(23-5-6-24-27(26(23)29)35-18-39-24)28(38)34-16-20-7-10-33-25(32)15-20/h1-7,10,14-15,18H,8-9,11-13,16-17H2,(H,34,38). The van der Waals surface area contributed by atoms with E-state index in [-0.39, 0.29) is 11.4 Å². The Hall–Kier alpha value is -2.68. The Morgan fingerprint density at radius 2 is 1.90 bits per heavy atom. The molecule has 200 valence electrons. The fourth-order valence-corrected chi connectivity index (χ4v) is 6.86. The number of nitrogens with one attached hydrogen (secondary N) is 1. The van der Waals surface area contributed by atoms with Gasteiger partial charge in [0.1, 0.15) is 5.15 Å². The van der Waals surface area contributed by atoms with Crippen LogP contribution < -0.4 is 10.2 Å². The molecule has 2 amide bonds. The number of thiazole rings is 1. The zero-order valence-electron chi connectivity index (χ0n) is 21.0. The highest BCUT2D eigenvalue weighted by Crippen LogP contribution is 2.50. The van der Waals surface area contributed by atoms with Crippen molar-refractivity contribution in [2.75, 3.05) is 31.1 Å². The number of halogens is 3. The highest BCUT2D eigenvalue weighted by atomic mass is 35.5. The molecular weight excluding hydrogens is 573 g/mol. The minimum atomic E-state index is -0.121. The number of anilines is 1. The molecule has 0 radical (unpaired) electrons. The highest BCUT2D eigenvalue weighted by Gasteiger charge is 2.47. The Bertz CT molecular complexity index is 1560. The molecule has 0 bridgehead atoms. The van der Waals surface area contributed by atoms with Gasteiger partial charge in [0.25, 0.3) is 0 Å². The van der Waals surface area contributed by atoms with Crippen LogP contribution in [0.1, 0.15) is 29.5 Å². The van der Waals surface area contributed by atoms with E-state index in [2.05, 4.69) is 39.5 Å². The number of pyridine rings is 1. The Labute approximate surface area is 246 Å². The van der Waals surface area contributed by atoms with Gasteiger partial charge in [-0.25, -0.2) is 14.8 Å². The lowest BCUT2D eigenvalue weighted by atomic mass is 9.74. The average Bonchev–Trinajstić information content (AvgIpc) is 3.53. The molecule has 2 aliphatic rings. The third kappa shape index (κ3) is 5.39. The molecule has 0 aliphatic carbocycles. The van der Waals surface area contributed by atoms with Gasteiger partial charge in [-0.15, -0.1) is 11.3 Å². The largest absolute Gasteiger partial charge is 0.334 e. The zero-order valence-corrected chi connectivity index (χ0v) is 24.1. The van der Waals surface area contributed by atoms with Crippen LogP contribution in [0.5, 0.6) is 0 Å². The van der Waals surface area contributed by atoms with Crippen LogP contribution in [-0.2, 0) is 12.0 Å². The van der Waals surface area contributed by atoms with Gasteiger partial charge < -0.3 is 5.32 Å². The Morgan fingerprint density at radius 1 is 1.05 bits per heavy atom. The van der Waals surface area contributed by atoms with Crippen molar-refractivity contribution < 1.29 is 4.79 Å². The van der Waals surface area contributed by atoms with E-state index in [0.717, 1.165) is 59.5 Å². The molecule has 4 heterocycles. The van der Waals surface area contributed by atoms with E-state index in [0.29, 0.717) is 28.3 Å². The van der Waals surface area contributed by atoms with Crippen LogP contribution in [0, 0.1) is 0 Å². The normalized spacial score (nSPS) is 16.8. The second-order valence-electron chi connectivity index (χ2n) is 10.0. The lowest BCUT2D eigenvalue weighted by Crippen LogP contribution is -2.47. The van der Waals surface area contributed by atoms with Gasteiger partial charge in [0.05, 0.1) is 31.5 Å². The second-order valence-corrected chi connectivity index (χ2v) is 12.1. The second kappa shape index (κ2) is 11.1. The van der Waals surface area contributed by atoms with Crippen molar-refractivity contribution in [3.63, 3.8) is 0 Å². The number of rotatable bonds is 5.